The number of nitro groups is 1. The lowest BCUT2D eigenvalue weighted by atomic mass is 10.1. The summed E-state index contributed by atoms with van der Waals surface area (Å²) in [5.74, 6) is 0.853. The first-order valence-electron chi connectivity index (χ1n) is 8.85. The highest BCUT2D eigenvalue weighted by Crippen LogP contribution is 2.23. The minimum absolute atomic E-state index is 0.00145. The van der Waals surface area contributed by atoms with Crippen molar-refractivity contribution in [1.82, 2.24) is 15.0 Å². The third-order valence-corrected chi connectivity index (χ3v) is 4.30. The molecule has 0 N–H and O–H groups in total. The lowest BCUT2D eigenvalue weighted by Gasteiger charge is -2.15. The van der Waals surface area contributed by atoms with Crippen LogP contribution in [0.5, 0.6) is 5.75 Å². The molecule has 0 radical (unpaired) electrons. The standard InChI is InChI=1S/C20H20N4O5/c1-13-4-6-15(7-5-13)20-21-18(29-22-20)11-23(3)19(25)12-28-16-8-9-17(24(26)27)14(2)10-16/h4-10H,11-12H2,1-3H3. The molecule has 1 amide bonds. The van der Waals surface area contributed by atoms with E-state index in [9.17, 15) is 14.9 Å². The lowest BCUT2D eigenvalue weighted by molar-refractivity contribution is -0.385. The summed E-state index contributed by atoms with van der Waals surface area (Å²) in [5.41, 5.74) is 2.42. The maximum atomic E-state index is 12.3. The molecule has 0 bridgehead atoms. The van der Waals surface area contributed by atoms with Gasteiger partial charge in [-0.05, 0) is 26.0 Å². The Balaban J connectivity index is 1.56. The predicted molar refractivity (Wildman–Crippen MR) is 104 cm³/mol. The average molecular weight is 396 g/mol. The Morgan fingerprint density at radius 3 is 2.59 bits per heavy atom. The van der Waals surface area contributed by atoms with Crippen LogP contribution in [0, 0.1) is 24.0 Å². The van der Waals surface area contributed by atoms with Crippen molar-refractivity contribution in [1.29, 1.82) is 0 Å². The number of carbonyl (C=O) groups excluding carboxylic acids is 1. The first-order chi connectivity index (χ1) is 13.8. The third kappa shape index (κ3) is 4.95. The number of nitrogens with zero attached hydrogens (tertiary/aromatic N) is 4. The summed E-state index contributed by atoms with van der Waals surface area (Å²) < 4.78 is 10.7. The molecule has 3 rings (SSSR count). The van der Waals surface area contributed by atoms with E-state index in [-0.39, 0.29) is 24.7 Å². The van der Waals surface area contributed by atoms with Crippen LogP contribution in [0.25, 0.3) is 11.4 Å². The molecule has 9 heteroatoms. The van der Waals surface area contributed by atoms with Crippen LogP contribution >= 0.6 is 0 Å². The van der Waals surface area contributed by atoms with Gasteiger partial charge in [-0.1, -0.05) is 35.0 Å². The van der Waals surface area contributed by atoms with Crippen LogP contribution in [0.2, 0.25) is 0 Å². The number of nitro benzene ring substituents is 1. The monoisotopic (exact) mass is 396 g/mol. The van der Waals surface area contributed by atoms with Crippen LogP contribution in [-0.2, 0) is 11.3 Å². The van der Waals surface area contributed by atoms with Gasteiger partial charge in [0.05, 0.1) is 11.5 Å². The largest absolute Gasteiger partial charge is 0.484 e. The summed E-state index contributed by atoms with van der Waals surface area (Å²) in [6.07, 6.45) is 0. The summed E-state index contributed by atoms with van der Waals surface area (Å²) in [6.45, 7) is 3.53. The number of carbonyl (C=O) groups is 1. The van der Waals surface area contributed by atoms with E-state index in [1.165, 1.54) is 23.1 Å². The van der Waals surface area contributed by atoms with Crippen molar-refractivity contribution in [2.75, 3.05) is 13.7 Å². The second kappa shape index (κ2) is 8.51. The number of aryl methyl sites for hydroxylation is 2. The van der Waals surface area contributed by atoms with Crippen molar-refractivity contribution in [2.24, 2.45) is 0 Å². The van der Waals surface area contributed by atoms with E-state index in [1.54, 1.807) is 14.0 Å². The van der Waals surface area contributed by atoms with E-state index in [0.29, 0.717) is 23.0 Å². The Bertz CT molecular complexity index is 1030. The summed E-state index contributed by atoms with van der Waals surface area (Å²) in [5, 5.41) is 14.8. The second-order valence-electron chi connectivity index (χ2n) is 6.62. The Morgan fingerprint density at radius 2 is 1.93 bits per heavy atom. The molecule has 1 heterocycles. The van der Waals surface area contributed by atoms with Crippen molar-refractivity contribution in [3.63, 3.8) is 0 Å². The average Bonchev–Trinajstić information content (AvgIpc) is 3.14. The van der Waals surface area contributed by atoms with E-state index < -0.39 is 4.92 Å². The zero-order valence-corrected chi connectivity index (χ0v) is 16.3. The molecule has 29 heavy (non-hydrogen) atoms. The van der Waals surface area contributed by atoms with E-state index in [0.717, 1.165) is 11.1 Å². The van der Waals surface area contributed by atoms with E-state index in [1.807, 2.05) is 31.2 Å². The van der Waals surface area contributed by atoms with Gasteiger partial charge < -0.3 is 14.2 Å². The first kappa shape index (κ1) is 20.0. The Kier molecular flexibility index (Phi) is 5.87. The van der Waals surface area contributed by atoms with Crippen molar-refractivity contribution in [2.45, 2.75) is 20.4 Å². The molecule has 2 aromatic carbocycles. The Hall–Kier alpha value is -3.75. The molecule has 0 fully saturated rings. The summed E-state index contributed by atoms with van der Waals surface area (Å²) in [6, 6.07) is 12.1. The van der Waals surface area contributed by atoms with Crippen molar-refractivity contribution < 1.29 is 19.0 Å². The summed E-state index contributed by atoms with van der Waals surface area (Å²) in [4.78, 5) is 28.4. The van der Waals surface area contributed by atoms with Crippen LogP contribution in [-0.4, -0.2) is 39.5 Å². The van der Waals surface area contributed by atoms with Gasteiger partial charge >= 0.3 is 0 Å². The highest BCUT2D eigenvalue weighted by molar-refractivity contribution is 5.77. The SMILES string of the molecule is Cc1ccc(-c2noc(CN(C)C(=O)COc3ccc([N+](=O)[O-])c(C)c3)n2)cc1. The van der Waals surface area contributed by atoms with Gasteiger partial charge in [-0.3, -0.25) is 14.9 Å². The van der Waals surface area contributed by atoms with Crippen molar-refractivity contribution >= 4 is 11.6 Å². The Labute approximate surface area is 167 Å². The molecule has 0 saturated heterocycles. The van der Waals surface area contributed by atoms with Gasteiger partial charge in [-0.25, -0.2) is 0 Å². The molecule has 150 valence electrons. The minimum Gasteiger partial charge on any atom is -0.484 e. The van der Waals surface area contributed by atoms with Crippen LogP contribution < -0.4 is 4.74 Å². The molecule has 0 spiro atoms. The number of benzene rings is 2. The van der Waals surface area contributed by atoms with Crippen molar-refractivity contribution in [3.05, 3.63) is 69.6 Å². The van der Waals surface area contributed by atoms with Gasteiger partial charge in [0.15, 0.2) is 6.61 Å². The van der Waals surface area contributed by atoms with Gasteiger partial charge in [0.2, 0.25) is 11.7 Å². The molecule has 0 aliphatic heterocycles. The number of hydrogen-bond donors (Lipinski definition) is 0. The predicted octanol–water partition coefficient (Wildman–Crippen LogP) is 3.30. The normalized spacial score (nSPS) is 10.6. The minimum atomic E-state index is -0.465. The van der Waals surface area contributed by atoms with E-state index in [2.05, 4.69) is 10.1 Å². The van der Waals surface area contributed by atoms with Crippen molar-refractivity contribution in [3.8, 4) is 17.1 Å². The fourth-order valence-corrected chi connectivity index (χ4v) is 2.61. The number of rotatable bonds is 7. The number of aromatic nitrogens is 2. The van der Waals surface area contributed by atoms with E-state index in [4.69, 9.17) is 9.26 Å². The van der Waals surface area contributed by atoms with Crippen LogP contribution in [0.3, 0.4) is 0 Å². The summed E-state index contributed by atoms with van der Waals surface area (Å²) in [7, 11) is 1.60. The van der Waals surface area contributed by atoms with Crippen LogP contribution in [0.1, 0.15) is 17.0 Å². The van der Waals surface area contributed by atoms with Gasteiger partial charge in [0, 0.05) is 24.2 Å². The third-order valence-electron chi connectivity index (χ3n) is 4.30. The molecule has 0 unspecified atom stereocenters. The maximum absolute atomic E-state index is 12.3. The molecule has 1 aromatic heterocycles. The maximum Gasteiger partial charge on any atom is 0.272 e. The second-order valence-corrected chi connectivity index (χ2v) is 6.62. The molecule has 0 atom stereocenters. The highest BCUT2D eigenvalue weighted by atomic mass is 16.6. The molecule has 3 aromatic rings. The fourth-order valence-electron chi connectivity index (χ4n) is 2.61. The molecule has 0 aliphatic rings. The van der Waals surface area contributed by atoms with Crippen LogP contribution in [0.4, 0.5) is 5.69 Å². The molecule has 9 nitrogen and oxygen atoms in total. The Morgan fingerprint density at radius 1 is 1.21 bits per heavy atom. The molecular formula is C20H20N4O5. The topological polar surface area (TPSA) is 112 Å². The van der Waals surface area contributed by atoms with Gasteiger partial charge in [-0.2, -0.15) is 4.98 Å². The van der Waals surface area contributed by atoms with Gasteiger partial charge in [0.25, 0.3) is 11.6 Å². The zero-order valence-electron chi connectivity index (χ0n) is 16.3. The first-order valence-corrected chi connectivity index (χ1v) is 8.85. The highest BCUT2D eigenvalue weighted by Gasteiger charge is 2.16. The van der Waals surface area contributed by atoms with Crippen LogP contribution in [0.15, 0.2) is 47.0 Å². The number of likely N-dealkylation sites (N-methyl/N-ethyl adjacent to an activating group) is 1. The molecule has 0 aliphatic carbocycles. The number of amides is 1. The summed E-state index contributed by atoms with van der Waals surface area (Å²) >= 11 is 0. The number of hydrogen-bond acceptors (Lipinski definition) is 7. The smallest absolute Gasteiger partial charge is 0.272 e. The number of ether oxygens (including phenoxy) is 1. The van der Waals surface area contributed by atoms with E-state index >= 15 is 0 Å². The molecular weight excluding hydrogens is 376 g/mol. The quantitative estimate of drug-likeness (QED) is 0.445. The fraction of sp³-hybridized carbons (Fsp3) is 0.250. The molecule has 0 saturated carbocycles. The lowest BCUT2D eigenvalue weighted by Crippen LogP contribution is -2.31. The van der Waals surface area contributed by atoms with Gasteiger partial charge in [-0.15, -0.1) is 0 Å². The van der Waals surface area contributed by atoms with Gasteiger partial charge in [0.1, 0.15) is 5.75 Å². The zero-order chi connectivity index (χ0) is 21.0.